The minimum Gasteiger partial charge on any atom is -0.479 e. The van der Waals surface area contributed by atoms with Crippen molar-refractivity contribution in [2.75, 3.05) is 23.7 Å². The van der Waals surface area contributed by atoms with Crippen molar-refractivity contribution in [3.05, 3.63) is 83.0 Å². The highest BCUT2D eigenvalue weighted by molar-refractivity contribution is 6.30. The van der Waals surface area contributed by atoms with Crippen molar-refractivity contribution in [1.29, 1.82) is 0 Å². The van der Waals surface area contributed by atoms with Gasteiger partial charge < -0.3 is 20.7 Å². The number of pyridine rings is 1. The number of carbonyl (C=O) groups excluding carboxylic acids is 1. The van der Waals surface area contributed by atoms with Crippen molar-refractivity contribution in [3.8, 4) is 5.75 Å². The number of nitrogens with one attached hydrogen (secondary N) is 1. The van der Waals surface area contributed by atoms with E-state index < -0.39 is 6.10 Å². The molecule has 0 aliphatic carbocycles. The molecule has 1 spiro atoms. The van der Waals surface area contributed by atoms with Crippen LogP contribution in [0.2, 0.25) is 5.02 Å². The van der Waals surface area contributed by atoms with Crippen LogP contribution in [0, 0.1) is 0 Å². The number of hydrogen-bond acceptors (Lipinski definition) is 5. The largest absolute Gasteiger partial charge is 0.479 e. The van der Waals surface area contributed by atoms with E-state index in [0.717, 1.165) is 48.6 Å². The number of carbonyl (C=O) groups is 1. The Morgan fingerprint density at radius 1 is 1.16 bits per heavy atom. The van der Waals surface area contributed by atoms with Crippen molar-refractivity contribution in [1.82, 2.24) is 10.3 Å². The van der Waals surface area contributed by atoms with Crippen LogP contribution in [-0.4, -0.2) is 30.1 Å². The summed E-state index contributed by atoms with van der Waals surface area (Å²) in [5.74, 6) is 1.57. The summed E-state index contributed by atoms with van der Waals surface area (Å²) >= 11 is 6.08. The molecule has 1 atom stereocenters. The number of aromatic nitrogens is 1. The highest BCUT2D eigenvalue weighted by Gasteiger charge is 2.53. The Kier molecular flexibility index (Phi) is 5.39. The van der Waals surface area contributed by atoms with Crippen LogP contribution < -0.4 is 20.7 Å². The standard InChI is InChI=1S/C25H25ClN4O2/c26-18-5-3-4-17(14-18)16-29-24(31)23-25(20-6-1-2-7-21(20)32-23)9-12-30(13-10-25)22-15-19(27)8-11-28-22/h1-8,11,14-15,23H,9-10,12-13,16H2,(H2,27,28)(H,29,31)/t23-/m1/s1. The molecule has 0 saturated carbocycles. The topological polar surface area (TPSA) is 80.5 Å². The number of nitrogen functional groups attached to an aromatic ring is 1. The fourth-order valence-corrected chi connectivity index (χ4v) is 5.08. The van der Waals surface area contributed by atoms with Crippen LogP contribution in [-0.2, 0) is 16.8 Å². The molecule has 1 aromatic heterocycles. The van der Waals surface area contributed by atoms with E-state index in [-0.39, 0.29) is 11.3 Å². The zero-order valence-corrected chi connectivity index (χ0v) is 18.4. The zero-order chi connectivity index (χ0) is 22.1. The van der Waals surface area contributed by atoms with Gasteiger partial charge in [-0.25, -0.2) is 4.98 Å². The van der Waals surface area contributed by atoms with Gasteiger partial charge in [0.1, 0.15) is 11.6 Å². The summed E-state index contributed by atoms with van der Waals surface area (Å²) in [7, 11) is 0. The Morgan fingerprint density at radius 2 is 1.97 bits per heavy atom. The van der Waals surface area contributed by atoms with Crippen molar-refractivity contribution in [2.24, 2.45) is 0 Å². The number of amides is 1. The van der Waals surface area contributed by atoms with Gasteiger partial charge >= 0.3 is 0 Å². The molecule has 3 N–H and O–H groups in total. The van der Waals surface area contributed by atoms with Crippen LogP contribution >= 0.6 is 11.6 Å². The van der Waals surface area contributed by atoms with E-state index in [1.165, 1.54) is 0 Å². The second kappa shape index (κ2) is 8.36. The van der Waals surface area contributed by atoms with E-state index in [4.69, 9.17) is 22.1 Å². The summed E-state index contributed by atoms with van der Waals surface area (Å²) in [5, 5.41) is 3.71. The van der Waals surface area contributed by atoms with Crippen molar-refractivity contribution < 1.29 is 9.53 Å². The molecule has 1 amide bonds. The van der Waals surface area contributed by atoms with Crippen LogP contribution in [0.5, 0.6) is 5.75 Å². The molecule has 2 aromatic carbocycles. The van der Waals surface area contributed by atoms with Crippen LogP contribution in [0.15, 0.2) is 66.9 Å². The lowest BCUT2D eigenvalue weighted by molar-refractivity contribution is -0.130. The summed E-state index contributed by atoms with van der Waals surface area (Å²) in [5.41, 5.74) is 8.35. The SMILES string of the molecule is Nc1ccnc(N2CCC3(CC2)c2ccccc2O[C@@H]3C(=O)NCc2cccc(Cl)c2)c1. The minimum atomic E-state index is -0.574. The van der Waals surface area contributed by atoms with E-state index in [1.807, 2.05) is 48.5 Å². The first-order chi connectivity index (χ1) is 15.5. The Bertz CT molecular complexity index is 1140. The number of rotatable bonds is 4. The molecule has 2 aliphatic heterocycles. The number of fused-ring (bicyclic) bond motifs is 2. The molecule has 1 saturated heterocycles. The number of benzene rings is 2. The van der Waals surface area contributed by atoms with Gasteiger partial charge in [-0.2, -0.15) is 0 Å². The fourth-order valence-electron chi connectivity index (χ4n) is 4.87. The summed E-state index contributed by atoms with van der Waals surface area (Å²) in [4.78, 5) is 20.0. The Morgan fingerprint density at radius 3 is 2.75 bits per heavy atom. The Balaban J connectivity index is 1.36. The summed E-state index contributed by atoms with van der Waals surface area (Å²) in [6.07, 6.45) is 2.73. The molecule has 0 unspecified atom stereocenters. The van der Waals surface area contributed by atoms with Gasteiger partial charge in [-0.15, -0.1) is 0 Å². The Labute approximate surface area is 192 Å². The number of para-hydroxylation sites is 1. The first kappa shape index (κ1) is 20.6. The van der Waals surface area contributed by atoms with E-state index >= 15 is 0 Å². The molecular weight excluding hydrogens is 424 g/mol. The van der Waals surface area contributed by atoms with E-state index in [2.05, 4.69) is 21.3 Å². The molecule has 164 valence electrons. The molecule has 7 heteroatoms. The van der Waals surface area contributed by atoms with Gasteiger partial charge in [0, 0.05) is 53.6 Å². The average Bonchev–Trinajstić information content (AvgIpc) is 3.12. The van der Waals surface area contributed by atoms with Gasteiger partial charge in [-0.3, -0.25) is 4.79 Å². The van der Waals surface area contributed by atoms with Gasteiger partial charge in [0.25, 0.3) is 5.91 Å². The molecular formula is C25H25ClN4O2. The molecule has 0 bridgehead atoms. The third kappa shape index (κ3) is 3.75. The average molecular weight is 449 g/mol. The maximum absolute atomic E-state index is 13.3. The number of piperidine rings is 1. The predicted octanol–water partition coefficient (Wildman–Crippen LogP) is 3.93. The number of ether oxygens (including phenoxy) is 1. The molecule has 0 radical (unpaired) electrons. The zero-order valence-electron chi connectivity index (χ0n) is 17.6. The molecule has 5 rings (SSSR count). The quantitative estimate of drug-likeness (QED) is 0.632. The lowest BCUT2D eigenvalue weighted by atomic mass is 9.69. The summed E-state index contributed by atoms with van der Waals surface area (Å²) in [6.45, 7) is 1.95. The second-order valence-corrected chi connectivity index (χ2v) is 8.87. The lowest BCUT2D eigenvalue weighted by Gasteiger charge is -2.42. The molecule has 2 aliphatic rings. The van der Waals surface area contributed by atoms with Crippen molar-refractivity contribution >= 4 is 29.0 Å². The van der Waals surface area contributed by atoms with Crippen LogP contribution in [0.4, 0.5) is 11.5 Å². The van der Waals surface area contributed by atoms with Crippen LogP contribution in [0.1, 0.15) is 24.0 Å². The van der Waals surface area contributed by atoms with Gasteiger partial charge in [0.2, 0.25) is 0 Å². The molecule has 1 fully saturated rings. The number of anilines is 2. The first-order valence-corrected chi connectivity index (χ1v) is 11.2. The van der Waals surface area contributed by atoms with Crippen molar-refractivity contribution in [2.45, 2.75) is 30.9 Å². The van der Waals surface area contributed by atoms with Gasteiger partial charge in [-0.1, -0.05) is 41.9 Å². The molecule has 3 aromatic rings. The third-order valence-corrected chi connectivity index (χ3v) is 6.75. The van der Waals surface area contributed by atoms with Gasteiger partial charge in [0.15, 0.2) is 6.10 Å². The number of hydrogen-bond donors (Lipinski definition) is 2. The number of nitrogens with zero attached hydrogens (tertiary/aromatic N) is 2. The smallest absolute Gasteiger partial charge is 0.262 e. The van der Waals surface area contributed by atoms with E-state index in [1.54, 1.807) is 12.3 Å². The maximum Gasteiger partial charge on any atom is 0.262 e. The monoisotopic (exact) mass is 448 g/mol. The van der Waals surface area contributed by atoms with Gasteiger partial charge in [-0.05, 0) is 42.7 Å². The number of halogens is 1. The first-order valence-electron chi connectivity index (χ1n) is 10.8. The summed E-state index contributed by atoms with van der Waals surface area (Å²) in [6, 6.07) is 19.2. The van der Waals surface area contributed by atoms with E-state index in [0.29, 0.717) is 17.3 Å². The highest BCUT2D eigenvalue weighted by atomic mass is 35.5. The van der Waals surface area contributed by atoms with Crippen LogP contribution in [0.3, 0.4) is 0 Å². The molecule has 3 heterocycles. The lowest BCUT2D eigenvalue weighted by Crippen LogP contribution is -2.54. The molecule has 6 nitrogen and oxygen atoms in total. The predicted molar refractivity (Wildman–Crippen MR) is 126 cm³/mol. The summed E-state index contributed by atoms with van der Waals surface area (Å²) < 4.78 is 6.24. The van der Waals surface area contributed by atoms with Crippen LogP contribution in [0.25, 0.3) is 0 Å². The Hall–Kier alpha value is -3.25. The number of nitrogens with two attached hydrogens (primary N) is 1. The van der Waals surface area contributed by atoms with E-state index in [9.17, 15) is 4.79 Å². The van der Waals surface area contributed by atoms with Gasteiger partial charge in [0.05, 0.1) is 0 Å². The maximum atomic E-state index is 13.3. The second-order valence-electron chi connectivity index (χ2n) is 8.43. The third-order valence-electron chi connectivity index (χ3n) is 6.51. The molecule has 32 heavy (non-hydrogen) atoms. The highest BCUT2D eigenvalue weighted by Crippen LogP contribution is 2.49. The minimum absolute atomic E-state index is 0.100. The fraction of sp³-hybridized carbons (Fsp3) is 0.280. The van der Waals surface area contributed by atoms with Crippen molar-refractivity contribution in [3.63, 3.8) is 0 Å². The normalized spacial score (nSPS) is 18.8.